The van der Waals surface area contributed by atoms with E-state index in [1.807, 2.05) is 0 Å². The van der Waals surface area contributed by atoms with E-state index in [2.05, 4.69) is 11.6 Å². The van der Waals surface area contributed by atoms with Crippen molar-refractivity contribution in [3.63, 3.8) is 0 Å². The van der Waals surface area contributed by atoms with E-state index in [4.69, 9.17) is 8.83 Å². The van der Waals surface area contributed by atoms with Crippen molar-refractivity contribution in [2.75, 3.05) is 5.75 Å². The molecule has 0 aliphatic heterocycles. The van der Waals surface area contributed by atoms with Gasteiger partial charge < -0.3 is 8.83 Å². The molecule has 1 aromatic carbocycles. The first-order valence-corrected chi connectivity index (χ1v) is 7.17. The number of aryl methyl sites for hydroxylation is 1. The quantitative estimate of drug-likeness (QED) is 0.541. The van der Waals surface area contributed by atoms with E-state index in [1.54, 1.807) is 32.1 Å². The number of fused-ring (bicyclic) bond motifs is 3. The van der Waals surface area contributed by atoms with Gasteiger partial charge in [-0.3, -0.25) is 4.79 Å². The monoisotopic (exact) mass is 287 g/mol. The minimum atomic E-state index is -0.0195. The van der Waals surface area contributed by atoms with Crippen molar-refractivity contribution in [1.82, 2.24) is 4.98 Å². The average molecular weight is 287 g/mol. The van der Waals surface area contributed by atoms with Crippen LogP contribution in [-0.2, 0) is 0 Å². The molecule has 0 N–H and O–H groups in total. The van der Waals surface area contributed by atoms with Crippen molar-refractivity contribution >= 4 is 33.8 Å². The molecule has 0 bridgehead atoms. The van der Waals surface area contributed by atoms with Crippen molar-refractivity contribution in [3.05, 3.63) is 46.3 Å². The second kappa shape index (κ2) is 4.83. The molecular formula is C15H13NO3S. The summed E-state index contributed by atoms with van der Waals surface area (Å²) in [5.41, 5.74) is 2.31. The first-order chi connectivity index (χ1) is 9.61. The molecule has 4 nitrogen and oxygen atoms in total. The van der Waals surface area contributed by atoms with Crippen LogP contribution in [-0.4, -0.2) is 10.7 Å². The highest BCUT2D eigenvalue weighted by atomic mass is 32.2. The molecule has 0 aliphatic carbocycles. The fourth-order valence-corrected chi connectivity index (χ4v) is 2.58. The molecule has 5 heteroatoms. The minimum Gasteiger partial charge on any atom is -0.458 e. The Morgan fingerprint density at radius 2 is 2.15 bits per heavy atom. The number of thioether (sulfide) groups is 1. The molecule has 0 atom stereocenters. The highest BCUT2D eigenvalue weighted by molar-refractivity contribution is 7.99. The number of rotatable bonds is 3. The van der Waals surface area contributed by atoms with Crippen molar-refractivity contribution in [1.29, 1.82) is 0 Å². The predicted molar refractivity (Wildman–Crippen MR) is 80.4 cm³/mol. The predicted octanol–water partition coefficient (Wildman–Crippen LogP) is 3.83. The fraction of sp³-hybridized carbons (Fsp3) is 0.200. The number of hydrogen-bond donors (Lipinski definition) is 0. The Labute approximate surface area is 119 Å². The van der Waals surface area contributed by atoms with Crippen LogP contribution in [0.25, 0.3) is 22.1 Å². The maximum atomic E-state index is 12.2. The van der Waals surface area contributed by atoms with E-state index >= 15 is 0 Å². The summed E-state index contributed by atoms with van der Waals surface area (Å²) in [5, 5.41) is 1.09. The molecule has 0 aliphatic rings. The summed E-state index contributed by atoms with van der Waals surface area (Å²) in [7, 11) is 0. The molecular weight excluding hydrogens is 274 g/mol. The van der Waals surface area contributed by atoms with Crippen LogP contribution in [0.4, 0.5) is 0 Å². The van der Waals surface area contributed by atoms with Gasteiger partial charge >= 0.3 is 0 Å². The summed E-state index contributed by atoms with van der Waals surface area (Å²) in [6.45, 7) is 7.21. The van der Waals surface area contributed by atoms with Crippen LogP contribution in [0.5, 0.6) is 0 Å². The Hall–Kier alpha value is -2.01. The van der Waals surface area contributed by atoms with Gasteiger partial charge in [-0.1, -0.05) is 17.8 Å². The summed E-state index contributed by atoms with van der Waals surface area (Å²) >= 11 is 1.45. The summed E-state index contributed by atoms with van der Waals surface area (Å²) < 4.78 is 11.4. The molecule has 0 fully saturated rings. The zero-order chi connectivity index (χ0) is 14.3. The Morgan fingerprint density at radius 1 is 1.35 bits per heavy atom. The summed E-state index contributed by atoms with van der Waals surface area (Å²) in [5.74, 6) is 1.32. The molecule has 20 heavy (non-hydrogen) atoms. The van der Waals surface area contributed by atoms with E-state index in [9.17, 15) is 4.79 Å². The van der Waals surface area contributed by atoms with Crippen molar-refractivity contribution in [3.8, 4) is 0 Å². The van der Waals surface area contributed by atoms with Gasteiger partial charge in [-0.05, 0) is 26.0 Å². The molecule has 0 saturated heterocycles. The zero-order valence-electron chi connectivity index (χ0n) is 11.2. The van der Waals surface area contributed by atoms with Gasteiger partial charge in [-0.15, -0.1) is 6.58 Å². The number of benzene rings is 1. The third kappa shape index (κ3) is 1.94. The summed E-state index contributed by atoms with van der Waals surface area (Å²) in [4.78, 5) is 16.6. The molecule has 3 rings (SSSR count). The molecule has 2 aromatic heterocycles. The third-order valence-electron chi connectivity index (χ3n) is 3.19. The lowest BCUT2D eigenvalue weighted by atomic mass is 10.1. The second-order valence-corrected chi connectivity index (χ2v) is 5.45. The highest BCUT2D eigenvalue weighted by Crippen LogP contribution is 2.29. The Kier molecular flexibility index (Phi) is 3.14. The highest BCUT2D eigenvalue weighted by Gasteiger charge is 2.15. The van der Waals surface area contributed by atoms with Crippen LogP contribution in [0.15, 0.2) is 43.6 Å². The molecule has 0 unspecified atom stereocenters. The van der Waals surface area contributed by atoms with Crippen LogP contribution in [0.3, 0.4) is 0 Å². The molecule has 3 aromatic rings. The van der Waals surface area contributed by atoms with Crippen molar-refractivity contribution in [2.24, 2.45) is 0 Å². The normalized spacial score (nSPS) is 11.3. The number of oxazole rings is 1. The van der Waals surface area contributed by atoms with Gasteiger partial charge in [-0.25, -0.2) is 0 Å². The zero-order valence-corrected chi connectivity index (χ0v) is 12.0. The summed E-state index contributed by atoms with van der Waals surface area (Å²) in [6, 6.07) is 3.48. The van der Waals surface area contributed by atoms with E-state index in [0.717, 1.165) is 0 Å². The molecule has 0 spiro atoms. The number of hydrogen-bond acceptors (Lipinski definition) is 5. The largest absolute Gasteiger partial charge is 0.458 e. The first kappa shape index (κ1) is 13.0. The van der Waals surface area contributed by atoms with Crippen LogP contribution in [0.1, 0.15) is 11.3 Å². The van der Waals surface area contributed by atoms with Gasteiger partial charge in [0.1, 0.15) is 5.76 Å². The number of nitrogens with zero attached hydrogens (tertiary/aromatic N) is 1. The molecule has 0 amide bonds. The van der Waals surface area contributed by atoms with Crippen LogP contribution < -0.4 is 5.43 Å². The van der Waals surface area contributed by atoms with Crippen molar-refractivity contribution in [2.45, 2.75) is 19.1 Å². The standard InChI is InChI=1S/C15H13NO3S/c1-4-7-20-15-16-12-11(19-15)6-5-10-13(17)8(2)9(3)18-14(10)12/h4-6H,1,7H2,2-3H3. The van der Waals surface area contributed by atoms with E-state index in [1.165, 1.54) is 11.8 Å². The number of aromatic nitrogens is 1. The Balaban J connectivity index is 2.32. The first-order valence-electron chi connectivity index (χ1n) is 6.19. The van der Waals surface area contributed by atoms with E-state index < -0.39 is 0 Å². The maximum Gasteiger partial charge on any atom is 0.257 e. The molecule has 0 saturated carbocycles. The Bertz CT molecular complexity index is 876. The van der Waals surface area contributed by atoms with Crippen LogP contribution in [0.2, 0.25) is 0 Å². The summed E-state index contributed by atoms with van der Waals surface area (Å²) in [6.07, 6.45) is 1.78. The van der Waals surface area contributed by atoms with Gasteiger partial charge in [0.15, 0.2) is 22.1 Å². The topological polar surface area (TPSA) is 56.2 Å². The van der Waals surface area contributed by atoms with Crippen molar-refractivity contribution < 1.29 is 8.83 Å². The van der Waals surface area contributed by atoms with Gasteiger partial charge in [-0.2, -0.15) is 4.98 Å². The SMILES string of the molecule is C=CCSc1nc2c(ccc3c(=O)c(C)c(C)oc32)o1. The van der Waals surface area contributed by atoms with Crippen LogP contribution >= 0.6 is 11.8 Å². The fourth-order valence-electron chi connectivity index (χ4n) is 2.02. The van der Waals surface area contributed by atoms with Gasteiger partial charge in [0.25, 0.3) is 5.22 Å². The van der Waals surface area contributed by atoms with Gasteiger partial charge in [0.05, 0.1) is 5.39 Å². The average Bonchev–Trinajstić information content (AvgIpc) is 2.86. The lowest BCUT2D eigenvalue weighted by molar-refractivity contribution is 0.490. The lowest BCUT2D eigenvalue weighted by Crippen LogP contribution is -2.07. The third-order valence-corrected chi connectivity index (χ3v) is 4.01. The second-order valence-electron chi connectivity index (χ2n) is 4.48. The maximum absolute atomic E-state index is 12.2. The molecule has 0 radical (unpaired) electrons. The van der Waals surface area contributed by atoms with E-state index in [-0.39, 0.29) is 5.43 Å². The van der Waals surface area contributed by atoms with E-state index in [0.29, 0.717) is 44.4 Å². The van der Waals surface area contributed by atoms with Crippen LogP contribution in [0, 0.1) is 13.8 Å². The van der Waals surface area contributed by atoms with Gasteiger partial charge in [0, 0.05) is 11.3 Å². The Morgan fingerprint density at radius 3 is 2.90 bits per heavy atom. The molecule has 102 valence electrons. The van der Waals surface area contributed by atoms with Gasteiger partial charge in [0.2, 0.25) is 0 Å². The smallest absolute Gasteiger partial charge is 0.257 e. The molecule has 2 heterocycles. The lowest BCUT2D eigenvalue weighted by Gasteiger charge is -2.01. The minimum absolute atomic E-state index is 0.0195.